The third-order valence-electron chi connectivity index (χ3n) is 4.43. The molecule has 1 heterocycles. The highest BCUT2D eigenvalue weighted by atomic mass is 16.5. The first-order valence-electron chi connectivity index (χ1n) is 8.26. The quantitative estimate of drug-likeness (QED) is 0.794. The van der Waals surface area contributed by atoms with Crippen LogP contribution < -0.4 is 15.4 Å². The van der Waals surface area contributed by atoms with Gasteiger partial charge in [0.15, 0.2) is 0 Å². The summed E-state index contributed by atoms with van der Waals surface area (Å²) in [6, 6.07) is 6.41. The van der Waals surface area contributed by atoms with Crippen molar-refractivity contribution in [1.82, 2.24) is 10.6 Å². The number of rotatable bonds is 6. The number of amides is 1. The molecule has 2 unspecified atom stereocenters. The second-order valence-corrected chi connectivity index (χ2v) is 6.34. The molecule has 1 saturated heterocycles. The zero-order valence-corrected chi connectivity index (χ0v) is 13.9. The van der Waals surface area contributed by atoms with E-state index in [1.165, 1.54) is 11.1 Å². The first-order chi connectivity index (χ1) is 10.6. The van der Waals surface area contributed by atoms with Gasteiger partial charge in [0, 0.05) is 12.5 Å². The number of benzene rings is 1. The molecule has 0 aliphatic carbocycles. The Balaban J connectivity index is 1.65. The average Bonchev–Trinajstić information content (AvgIpc) is 2.49. The van der Waals surface area contributed by atoms with E-state index in [2.05, 4.69) is 37.5 Å². The molecule has 2 rings (SSSR count). The summed E-state index contributed by atoms with van der Waals surface area (Å²) >= 11 is 0. The lowest BCUT2D eigenvalue weighted by molar-refractivity contribution is -0.122. The van der Waals surface area contributed by atoms with Gasteiger partial charge in [-0.1, -0.05) is 13.0 Å². The molecule has 4 nitrogen and oxygen atoms in total. The van der Waals surface area contributed by atoms with Gasteiger partial charge in [0.25, 0.3) is 0 Å². The lowest BCUT2D eigenvalue weighted by atomic mass is 9.95. The van der Waals surface area contributed by atoms with Crippen molar-refractivity contribution in [3.63, 3.8) is 0 Å². The number of piperidine rings is 1. The van der Waals surface area contributed by atoms with Gasteiger partial charge in [-0.25, -0.2) is 0 Å². The maximum Gasteiger partial charge on any atom is 0.220 e. The molecule has 0 bridgehead atoms. The van der Waals surface area contributed by atoms with Gasteiger partial charge in [-0.3, -0.25) is 4.79 Å². The highest BCUT2D eigenvalue weighted by Gasteiger charge is 2.22. The minimum Gasteiger partial charge on any atom is -0.494 e. The van der Waals surface area contributed by atoms with Crippen molar-refractivity contribution in [2.75, 3.05) is 19.7 Å². The molecule has 0 radical (unpaired) electrons. The zero-order chi connectivity index (χ0) is 15.9. The van der Waals surface area contributed by atoms with E-state index in [4.69, 9.17) is 4.74 Å². The fraction of sp³-hybridized carbons (Fsp3) is 0.611. The second kappa shape index (κ2) is 8.18. The highest BCUT2D eigenvalue weighted by molar-refractivity contribution is 5.76. The predicted molar refractivity (Wildman–Crippen MR) is 89.2 cm³/mol. The Labute approximate surface area is 133 Å². The van der Waals surface area contributed by atoms with Crippen LogP contribution in [0.3, 0.4) is 0 Å². The smallest absolute Gasteiger partial charge is 0.220 e. The molecule has 1 aromatic carbocycles. The van der Waals surface area contributed by atoms with Crippen molar-refractivity contribution >= 4 is 5.91 Å². The van der Waals surface area contributed by atoms with Crippen molar-refractivity contribution in [3.05, 3.63) is 29.3 Å². The molecule has 122 valence electrons. The van der Waals surface area contributed by atoms with Crippen molar-refractivity contribution in [3.8, 4) is 5.75 Å². The summed E-state index contributed by atoms with van der Waals surface area (Å²) in [5, 5.41) is 6.49. The van der Waals surface area contributed by atoms with E-state index in [-0.39, 0.29) is 5.91 Å². The predicted octanol–water partition coefficient (Wildman–Crippen LogP) is 2.58. The molecule has 0 saturated carbocycles. The number of carbonyl (C=O) groups excluding carboxylic acids is 1. The van der Waals surface area contributed by atoms with Crippen LogP contribution in [0.5, 0.6) is 5.75 Å². The van der Waals surface area contributed by atoms with Gasteiger partial charge in [0.1, 0.15) is 5.75 Å². The molecule has 1 fully saturated rings. The van der Waals surface area contributed by atoms with Gasteiger partial charge in [-0.2, -0.15) is 0 Å². The molecule has 1 aliphatic heterocycles. The molecule has 0 aromatic heterocycles. The normalized spacial score (nSPS) is 21.4. The Morgan fingerprint density at radius 1 is 1.36 bits per heavy atom. The van der Waals surface area contributed by atoms with Crippen LogP contribution in [0.1, 0.15) is 37.3 Å². The molecule has 0 spiro atoms. The number of ether oxygens (including phenoxy) is 1. The van der Waals surface area contributed by atoms with E-state index >= 15 is 0 Å². The van der Waals surface area contributed by atoms with Gasteiger partial charge >= 0.3 is 0 Å². The number of hydrogen-bond acceptors (Lipinski definition) is 3. The van der Waals surface area contributed by atoms with Crippen LogP contribution in [-0.4, -0.2) is 31.6 Å². The first kappa shape index (κ1) is 16.8. The van der Waals surface area contributed by atoms with Crippen LogP contribution in [0.4, 0.5) is 0 Å². The van der Waals surface area contributed by atoms with Gasteiger partial charge < -0.3 is 15.4 Å². The molecule has 1 aliphatic rings. The maximum atomic E-state index is 12.0. The minimum absolute atomic E-state index is 0.141. The monoisotopic (exact) mass is 304 g/mol. The molecule has 2 atom stereocenters. The Bertz CT molecular complexity index is 502. The molecule has 1 aromatic rings. The van der Waals surface area contributed by atoms with E-state index in [0.29, 0.717) is 25.0 Å². The van der Waals surface area contributed by atoms with Gasteiger partial charge in [0.2, 0.25) is 5.91 Å². The van der Waals surface area contributed by atoms with E-state index < -0.39 is 0 Å². The van der Waals surface area contributed by atoms with Crippen LogP contribution in [0.2, 0.25) is 0 Å². The number of nitrogens with one attached hydrogen (secondary N) is 2. The molecule has 22 heavy (non-hydrogen) atoms. The van der Waals surface area contributed by atoms with Crippen molar-refractivity contribution in [2.45, 2.75) is 46.1 Å². The third-order valence-corrected chi connectivity index (χ3v) is 4.43. The number of carbonyl (C=O) groups is 1. The van der Waals surface area contributed by atoms with Crippen molar-refractivity contribution in [2.24, 2.45) is 5.92 Å². The standard InChI is InChI=1S/C18H28N2O2/c1-13-6-7-16(11-14(13)2)22-10-4-5-18(21)20-17-8-9-19-12-15(17)3/h6-7,11,15,17,19H,4-5,8-10,12H2,1-3H3,(H,20,21). The van der Waals surface area contributed by atoms with Crippen LogP contribution in [-0.2, 0) is 4.79 Å². The number of hydrogen-bond donors (Lipinski definition) is 2. The van der Waals surface area contributed by atoms with Crippen LogP contribution in [0.15, 0.2) is 18.2 Å². The van der Waals surface area contributed by atoms with E-state index in [1.807, 2.05) is 12.1 Å². The molecular formula is C18H28N2O2. The van der Waals surface area contributed by atoms with Crippen molar-refractivity contribution < 1.29 is 9.53 Å². The summed E-state index contributed by atoms with van der Waals surface area (Å²) in [6.07, 6.45) is 2.30. The summed E-state index contributed by atoms with van der Waals surface area (Å²) in [5.41, 5.74) is 2.50. The SMILES string of the molecule is Cc1ccc(OCCCC(=O)NC2CCNCC2C)cc1C. The summed E-state index contributed by atoms with van der Waals surface area (Å²) < 4.78 is 5.71. The lowest BCUT2D eigenvalue weighted by Gasteiger charge is -2.30. The zero-order valence-electron chi connectivity index (χ0n) is 13.9. The minimum atomic E-state index is 0.141. The molecule has 1 amide bonds. The van der Waals surface area contributed by atoms with Gasteiger partial charge in [0.05, 0.1) is 6.61 Å². The fourth-order valence-corrected chi connectivity index (χ4v) is 2.73. The Morgan fingerprint density at radius 2 is 2.18 bits per heavy atom. The topological polar surface area (TPSA) is 50.4 Å². The lowest BCUT2D eigenvalue weighted by Crippen LogP contribution is -2.48. The van der Waals surface area contributed by atoms with Crippen LogP contribution in [0, 0.1) is 19.8 Å². The fourth-order valence-electron chi connectivity index (χ4n) is 2.73. The molecule has 4 heteroatoms. The van der Waals surface area contributed by atoms with Crippen molar-refractivity contribution in [1.29, 1.82) is 0 Å². The Kier molecular flexibility index (Phi) is 6.25. The summed E-state index contributed by atoms with van der Waals surface area (Å²) in [7, 11) is 0. The largest absolute Gasteiger partial charge is 0.494 e. The maximum absolute atomic E-state index is 12.0. The number of aryl methyl sites for hydroxylation is 2. The third kappa shape index (κ3) is 5.02. The van der Waals surface area contributed by atoms with E-state index in [1.54, 1.807) is 0 Å². The van der Waals surface area contributed by atoms with Crippen LogP contribution in [0.25, 0.3) is 0 Å². The van der Waals surface area contributed by atoms with E-state index in [9.17, 15) is 4.79 Å². The highest BCUT2D eigenvalue weighted by Crippen LogP contribution is 2.16. The first-order valence-corrected chi connectivity index (χ1v) is 8.26. The summed E-state index contributed by atoms with van der Waals surface area (Å²) in [5.74, 6) is 1.53. The average molecular weight is 304 g/mol. The van der Waals surface area contributed by atoms with Gasteiger partial charge in [-0.15, -0.1) is 0 Å². The molecular weight excluding hydrogens is 276 g/mol. The van der Waals surface area contributed by atoms with E-state index in [0.717, 1.165) is 31.7 Å². The Morgan fingerprint density at radius 3 is 2.91 bits per heavy atom. The van der Waals surface area contributed by atoms with Crippen LogP contribution >= 0.6 is 0 Å². The van der Waals surface area contributed by atoms with Gasteiger partial charge in [-0.05, 0) is 69.0 Å². The Hall–Kier alpha value is -1.55. The second-order valence-electron chi connectivity index (χ2n) is 6.34. The molecule has 2 N–H and O–H groups in total. The summed E-state index contributed by atoms with van der Waals surface area (Å²) in [6.45, 7) is 8.91. The summed E-state index contributed by atoms with van der Waals surface area (Å²) in [4.78, 5) is 12.0.